The number of aromatic nitrogens is 3. The molecule has 13 heteroatoms. The molecule has 4 aromatic rings. The van der Waals surface area contributed by atoms with E-state index in [9.17, 15) is 14.0 Å². The number of nitrogens with zero attached hydrogens (tertiary/aromatic N) is 3. The van der Waals surface area contributed by atoms with Gasteiger partial charge in [0, 0.05) is 11.3 Å². The van der Waals surface area contributed by atoms with E-state index in [1.54, 1.807) is 29.9 Å². The van der Waals surface area contributed by atoms with Gasteiger partial charge in [0.05, 0.1) is 44.9 Å². The summed E-state index contributed by atoms with van der Waals surface area (Å²) in [6.45, 7) is 6.70. The number of methoxy groups -OCH3 is 1. The largest absolute Gasteiger partial charge is 0.495 e. The highest BCUT2D eigenvalue weighted by Gasteiger charge is 2.22. The average molecular weight is 624 g/mol. The predicted molar refractivity (Wildman–Crippen MR) is 165 cm³/mol. The summed E-state index contributed by atoms with van der Waals surface area (Å²) in [6.07, 6.45) is 0. The molecule has 232 valence electrons. The summed E-state index contributed by atoms with van der Waals surface area (Å²) >= 11 is 1.15. The highest BCUT2D eigenvalue weighted by molar-refractivity contribution is 7.99. The van der Waals surface area contributed by atoms with E-state index in [0.717, 1.165) is 11.8 Å². The number of hydrogen-bond acceptors (Lipinski definition) is 9. The monoisotopic (exact) mass is 623 g/mol. The van der Waals surface area contributed by atoms with Crippen LogP contribution in [0.3, 0.4) is 0 Å². The average Bonchev–Trinajstić information content (AvgIpc) is 3.44. The highest BCUT2D eigenvalue weighted by atomic mass is 32.2. The van der Waals surface area contributed by atoms with Crippen molar-refractivity contribution in [2.75, 3.05) is 38.0 Å². The van der Waals surface area contributed by atoms with Crippen LogP contribution in [0.15, 0.2) is 65.8 Å². The molecule has 0 saturated heterocycles. The number of rotatable bonds is 15. The first-order valence-electron chi connectivity index (χ1n) is 14.0. The Bertz CT molecular complexity index is 1550. The van der Waals surface area contributed by atoms with Crippen molar-refractivity contribution < 1.29 is 32.9 Å². The number of thioether (sulfide) groups is 1. The van der Waals surface area contributed by atoms with Gasteiger partial charge in [-0.2, -0.15) is 0 Å². The first-order valence-corrected chi connectivity index (χ1v) is 15.0. The Hall–Kier alpha value is -4.78. The predicted octanol–water partition coefficient (Wildman–Crippen LogP) is 5.27. The number of ether oxygens (including phenoxy) is 4. The van der Waals surface area contributed by atoms with Crippen LogP contribution >= 0.6 is 11.8 Å². The molecule has 1 heterocycles. The molecule has 1 aromatic heterocycles. The molecule has 0 unspecified atom stereocenters. The molecule has 2 N–H and O–H groups in total. The zero-order chi connectivity index (χ0) is 31.5. The second kappa shape index (κ2) is 15.6. The lowest BCUT2D eigenvalue weighted by molar-refractivity contribution is -0.113. The Morgan fingerprint density at radius 3 is 2.18 bits per heavy atom. The highest BCUT2D eigenvalue weighted by Crippen LogP contribution is 2.39. The van der Waals surface area contributed by atoms with Crippen molar-refractivity contribution in [2.45, 2.75) is 32.5 Å². The number of para-hydroxylation sites is 2. The van der Waals surface area contributed by atoms with E-state index in [4.69, 9.17) is 18.9 Å². The quantitative estimate of drug-likeness (QED) is 0.170. The van der Waals surface area contributed by atoms with E-state index in [2.05, 4.69) is 20.8 Å². The molecule has 4 rings (SSSR count). The number of carbonyl (C=O) groups is 2. The van der Waals surface area contributed by atoms with Crippen LogP contribution < -0.4 is 29.6 Å². The van der Waals surface area contributed by atoms with Crippen LogP contribution in [0, 0.1) is 5.82 Å². The number of amides is 2. The van der Waals surface area contributed by atoms with Crippen LogP contribution in [-0.4, -0.2) is 59.3 Å². The van der Waals surface area contributed by atoms with Gasteiger partial charge in [0.15, 0.2) is 22.5 Å². The summed E-state index contributed by atoms with van der Waals surface area (Å²) in [6, 6.07) is 16.0. The number of hydrogen-bond donors (Lipinski definition) is 2. The lowest BCUT2D eigenvalue weighted by Crippen LogP contribution is -2.25. The van der Waals surface area contributed by atoms with Crippen LogP contribution in [0.5, 0.6) is 23.0 Å². The van der Waals surface area contributed by atoms with E-state index >= 15 is 0 Å². The minimum Gasteiger partial charge on any atom is -0.495 e. The van der Waals surface area contributed by atoms with Crippen molar-refractivity contribution in [2.24, 2.45) is 0 Å². The molecule has 11 nitrogen and oxygen atoms in total. The van der Waals surface area contributed by atoms with Crippen molar-refractivity contribution in [3.8, 4) is 28.7 Å². The van der Waals surface area contributed by atoms with Crippen LogP contribution in [0.25, 0.3) is 5.69 Å². The van der Waals surface area contributed by atoms with Crippen LogP contribution in [0.1, 0.15) is 37.0 Å². The topological polar surface area (TPSA) is 126 Å². The third kappa shape index (κ3) is 7.98. The second-order valence-electron chi connectivity index (χ2n) is 9.03. The van der Waals surface area contributed by atoms with E-state index < -0.39 is 11.7 Å². The molecular weight excluding hydrogens is 589 g/mol. The van der Waals surface area contributed by atoms with Gasteiger partial charge in [-0.05, 0) is 69.3 Å². The van der Waals surface area contributed by atoms with Gasteiger partial charge in [-0.15, -0.1) is 10.2 Å². The SMILES string of the molecule is CCOc1cc(C(=O)NCc2nnc(SCC(=O)Nc3ccc(F)cc3)n2-c2ccccc2OC)cc(OCC)c1OCC. The van der Waals surface area contributed by atoms with Gasteiger partial charge in [0.1, 0.15) is 11.6 Å². The van der Waals surface area contributed by atoms with E-state index in [1.807, 2.05) is 39.0 Å². The van der Waals surface area contributed by atoms with Gasteiger partial charge in [-0.25, -0.2) is 4.39 Å². The van der Waals surface area contributed by atoms with Gasteiger partial charge in [-0.1, -0.05) is 23.9 Å². The first kappa shape index (κ1) is 32.1. The fourth-order valence-electron chi connectivity index (χ4n) is 4.21. The fraction of sp³-hybridized carbons (Fsp3) is 0.290. The molecule has 0 bridgehead atoms. The number of carbonyl (C=O) groups excluding carboxylic acids is 2. The molecule has 0 atom stereocenters. The molecule has 0 aliphatic rings. The van der Waals surface area contributed by atoms with Gasteiger partial charge in [0.2, 0.25) is 11.7 Å². The summed E-state index contributed by atoms with van der Waals surface area (Å²) in [5, 5.41) is 14.7. The van der Waals surface area contributed by atoms with Crippen molar-refractivity contribution in [3.05, 3.63) is 77.9 Å². The summed E-state index contributed by atoms with van der Waals surface area (Å²) in [4.78, 5) is 26.0. The van der Waals surface area contributed by atoms with E-state index in [-0.39, 0.29) is 18.2 Å². The smallest absolute Gasteiger partial charge is 0.251 e. The number of halogens is 1. The van der Waals surface area contributed by atoms with Crippen LogP contribution in [0.4, 0.5) is 10.1 Å². The molecule has 0 saturated carbocycles. The summed E-state index contributed by atoms with van der Waals surface area (Å²) in [7, 11) is 1.55. The molecule has 0 aliphatic carbocycles. The Morgan fingerprint density at radius 2 is 1.55 bits per heavy atom. The van der Waals surface area contributed by atoms with Gasteiger partial charge in [0.25, 0.3) is 5.91 Å². The molecule has 2 amide bonds. The minimum absolute atomic E-state index is 0.00358. The van der Waals surface area contributed by atoms with E-state index in [1.165, 1.54) is 24.3 Å². The van der Waals surface area contributed by atoms with Crippen molar-refractivity contribution in [3.63, 3.8) is 0 Å². The molecule has 0 radical (unpaired) electrons. The summed E-state index contributed by atoms with van der Waals surface area (Å²) in [5.74, 6) is 1.11. The van der Waals surface area contributed by atoms with Crippen molar-refractivity contribution >= 4 is 29.3 Å². The standard InChI is InChI=1S/C31H34FN5O6S/c1-5-41-25-16-20(17-26(42-6-2)29(25)43-7-3)30(39)33-18-27-35-36-31(37(27)23-10-8-9-11-24(23)40-4)44-19-28(38)34-22-14-12-21(32)13-15-22/h8-17H,5-7,18-19H2,1-4H3,(H,33,39)(H,34,38). The first-order chi connectivity index (χ1) is 21.4. The third-order valence-corrected chi connectivity index (χ3v) is 6.99. The number of benzene rings is 3. The minimum atomic E-state index is -0.395. The zero-order valence-electron chi connectivity index (χ0n) is 24.9. The Labute approximate surface area is 259 Å². The molecule has 0 spiro atoms. The zero-order valence-corrected chi connectivity index (χ0v) is 25.7. The maximum Gasteiger partial charge on any atom is 0.251 e. The van der Waals surface area contributed by atoms with Crippen molar-refractivity contribution in [1.29, 1.82) is 0 Å². The maximum atomic E-state index is 13.4. The normalized spacial score (nSPS) is 10.7. The van der Waals surface area contributed by atoms with E-state index in [0.29, 0.717) is 70.7 Å². The fourth-order valence-corrected chi connectivity index (χ4v) is 4.97. The summed E-state index contributed by atoms with van der Waals surface area (Å²) in [5.41, 5.74) is 1.42. The van der Waals surface area contributed by atoms with Crippen LogP contribution in [-0.2, 0) is 11.3 Å². The van der Waals surface area contributed by atoms with Crippen molar-refractivity contribution in [1.82, 2.24) is 20.1 Å². The molecule has 3 aromatic carbocycles. The number of anilines is 1. The summed E-state index contributed by atoms with van der Waals surface area (Å²) < 4.78 is 37.8. The van der Waals surface area contributed by atoms with Gasteiger partial charge < -0.3 is 29.6 Å². The second-order valence-corrected chi connectivity index (χ2v) is 9.98. The molecule has 44 heavy (non-hydrogen) atoms. The number of nitrogens with one attached hydrogen (secondary N) is 2. The lowest BCUT2D eigenvalue weighted by atomic mass is 10.1. The molecule has 0 fully saturated rings. The van der Waals surface area contributed by atoms with Gasteiger partial charge in [-0.3, -0.25) is 14.2 Å². The lowest BCUT2D eigenvalue weighted by Gasteiger charge is -2.17. The Balaban J connectivity index is 1.57. The Morgan fingerprint density at radius 1 is 0.886 bits per heavy atom. The third-order valence-electron chi connectivity index (χ3n) is 6.07. The van der Waals surface area contributed by atoms with Crippen LogP contribution in [0.2, 0.25) is 0 Å². The van der Waals surface area contributed by atoms with Gasteiger partial charge >= 0.3 is 0 Å². The molecular formula is C31H34FN5O6S. The molecule has 0 aliphatic heterocycles. The Kier molecular flexibility index (Phi) is 11.4. The maximum absolute atomic E-state index is 13.4.